The normalized spacial score (nSPS) is 21.3. The quantitative estimate of drug-likeness (QED) is 0.749. The number of amides is 1. The Morgan fingerprint density at radius 1 is 1.53 bits per heavy atom. The van der Waals surface area contributed by atoms with Gasteiger partial charge in [0, 0.05) is 25.5 Å². The second-order valence-corrected chi connectivity index (χ2v) is 3.75. The molecule has 1 aromatic heterocycles. The highest BCUT2D eigenvalue weighted by atomic mass is 16.1. The van der Waals surface area contributed by atoms with Gasteiger partial charge in [0.1, 0.15) is 5.82 Å². The van der Waals surface area contributed by atoms with E-state index in [9.17, 15) is 4.79 Å². The second kappa shape index (κ2) is 4.25. The van der Waals surface area contributed by atoms with Gasteiger partial charge in [-0.05, 0) is 12.8 Å². The average Bonchev–Trinajstić information content (AvgIpc) is 2.30. The van der Waals surface area contributed by atoms with Crippen LogP contribution in [0, 0.1) is 5.92 Å². The summed E-state index contributed by atoms with van der Waals surface area (Å²) in [7, 11) is 0. The van der Waals surface area contributed by atoms with Gasteiger partial charge in [0.15, 0.2) is 0 Å². The molecule has 5 nitrogen and oxygen atoms in total. The minimum atomic E-state index is -0.219. The van der Waals surface area contributed by atoms with Crippen LogP contribution in [-0.2, 0) is 4.79 Å². The Morgan fingerprint density at radius 2 is 2.40 bits per heavy atom. The van der Waals surface area contributed by atoms with Crippen LogP contribution in [0.4, 0.5) is 5.82 Å². The lowest BCUT2D eigenvalue weighted by atomic mass is 9.98. The lowest BCUT2D eigenvalue weighted by molar-refractivity contribution is -0.122. The fraction of sp³-hybridized carbons (Fsp3) is 0.500. The van der Waals surface area contributed by atoms with E-state index < -0.39 is 0 Å². The van der Waals surface area contributed by atoms with Crippen LogP contribution in [0.25, 0.3) is 0 Å². The fourth-order valence-electron chi connectivity index (χ4n) is 1.87. The molecule has 0 aliphatic carbocycles. The molecule has 2 N–H and O–H groups in total. The van der Waals surface area contributed by atoms with Crippen molar-refractivity contribution in [1.29, 1.82) is 0 Å². The van der Waals surface area contributed by atoms with E-state index in [1.165, 1.54) is 0 Å². The zero-order chi connectivity index (χ0) is 10.7. The van der Waals surface area contributed by atoms with Gasteiger partial charge in [0.25, 0.3) is 0 Å². The van der Waals surface area contributed by atoms with E-state index in [0.717, 1.165) is 25.2 Å². The largest absolute Gasteiger partial charge is 0.369 e. The molecule has 1 atom stereocenters. The Hall–Kier alpha value is -1.65. The molecule has 1 fully saturated rings. The lowest BCUT2D eigenvalue weighted by Crippen LogP contribution is -2.41. The van der Waals surface area contributed by atoms with E-state index >= 15 is 0 Å². The van der Waals surface area contributed by atoms with E-state index in [-0.39, 0.29) is 11.8 Å². The Morgan fingerprint density at radius 3 is 3.07 bits per heavy atom. The van der Waals surface area contributed by atoms with E-state index in [2.05, 4.69) is 14.9 Å². The summed E-state index contributed by atoms with van der Waals surface area (Å²) in [4.78, 5) is 21.4. The number of carbonyl (C=O) groups is 1. The molecule has 0 saturated carbocycles. The van der Waals surface area contributed by atoms with Gasteiger partial charge in [-0.3, -0.25) is 9.78 Å². The van der Waals surface area contributed by atoms with E-state index in [4.69, 9.17) is 5.73 Å². The fourth-order valence-corrected chi connectivity index (χ4v) is 1.87. The minimum absolute atomic E-state index is 0.0549. The van der Waals surface area contributed by atoms with Crippen LogP contribution < -0.4 is 10.6 Å². The van der Waals surface area contributed by atoms with Gasteiger partial charge in [-0.2, -0.15) is 0 Å². The molecule has 0 unspecified atom stereocenters. The number of primary amides is 1. The van der Waals surface area contributed by atoms with Crippen molar-refractivity contribution in [3.8, 4) is 0 Å². The topological polar surface area (TPSA) is 72.1 Å². The molecule has 15 heavy (non-hydrogen) atoms. The van der Waals surface area contributed by atoms with Gasteiger partial charge < -0.3 is 10.6 Å². The molecule has 2 rings (SSSR count). The highest BCUT2D eigenvalue weighted by molar-refractivity contribution is 5.77. The SMILES string of the molecule is NC(=O)[C@@H]1CCCN(c2cnccn2)C1. The second-order valence-electron chi connectivity index (χ2n) is 3.75. The van der Waals surface area contributed by atoms with Crippen LogP contribution in [0.1, 0.15) is 12.8 Å². The highest BCUT2D eigenvalue weighted by Crippen LogP contribution is 2.20. The summed E-state index contributed by atoms with van der Waals surface area (Å²) < 4.78 is 0. The molecule has 5 heteroatoms. The average molecular weight is 206 g/mol. The molecular formula is C10H14N4O. The highest BCUT2D eigenvalue weighted by Gasteiger charge is 2.24. The van der Waals surface area contributed by atoms with Crippen molar-refractivity contribution in [2.45, 2.75) is 12.8 Å². The van der Waals surface area contributed by atoms with Gasteiger partial charge >= 0.3 is 0 Å². The van der Waals surface area contributed by atoms with Crippen LogP contribution >= 0.6 is 0 Å². The van der Waals surface area contributed by atoms with Crippen LogP contribution in [-0.4, -0.2) is 29.0 Å². The third-order valence-corrected chi connectivity index (χ3v) is 2.70. The molecule has 1 amide bonds. The van der Waals surface area contributed by atoms with Crippen molar-refractivity contribution < 1.29 is 4.79 Å². The number of nitrogens with zero attached hydrogens (tertiary/aromatic N) is 3. The number of anilines is 1. The Kier molecular flexibility index (Phi) is 2.80. The molecule has 1 aliphatic heterocycles. The van der Waals surface area contributed by atoms with Gasteiger partial charge in [0.05, 0.1) is 12.1 Å². The van der Waals surface area contributed by atoms with Gasteiger partial charge in [-0.15, -0.1) is 0 Å². The number of rotatable bonds is 2. The summed E-state index contributed by atoms with van der Waals surface area (Å²) in [6.45, 7) is 1.58. The summed E-state index contributed by atoms with van der Waals surface area (Å²) >= 11 is 0. The first-order valence-electron chi connectivity index (χ1n) is 5.07. The monoisotopic (exact) mass is 206 g/mol. The van der Waals surface area contributed by atoms with E-state index in [0.29, 0.717) is 6.54 Å². The van der Waals surface area contributed by atoms with Crippen LogP contribution in [0.5, 0.6) is 0 Å². The maximum Gasteiger partial charge on any atom is 0.222 e. The zero-order valence-electron chi connectivity index (χ0n) is 8.47. The van der Waals surface area contributed by atoms with Crippen molar-refractivity contribution in [2.24, 2.45) is 11.7 Å². The van der Waals surface area contributed by atoms with Gasteiger partial charge in [0.2, 0.25) is 5.91 Å². The minimum Gasteiger partial charge on any atom is -0.369 e. The molecule has 0 aromatic carbocycles. The lowest BCUT2D eigenvalue weighted by Gasteiger charge is -2.31. The maximum absolute atomic E-state index is 11.1. The first-order valence-corrected chi connectivity index (χ1v) is 5.07. The maximum atomic E-state index is 11.1. The number of hydrogen-bond acceptors (Lipinski definition) is 4. The van der Waals surface area contributed by atoms with Crippen LogP contribution in [0.2, 0.25) is 0 Å². The molecule has 80 valence electrons. The molecular weight excluding hydrogens is 192 g/mol. The van der Waals surface area contributed by atoms with E-state index in [1.54, 1.807) is 18.6 Å². The smallest absolute Gasteiger partial charge is 0.222 e. The van der Waals surface area contributed by atoms with Gasteiger partial charge in [-0.1, -0.05) is 0 Å². The number of nitrogens with two attached hydrogens (primary N) is 1. The van der Waals surface area contributed by atoms with Crippen molar-refractivity contribution in [3.63, 3.8) is 0 Å². The Bertz CT molecular complexity index is 341. The van der Waals surface area contributed by atoms with Crippen molar-refractivity contribution >= 4 is 11.7 Å². The van der Waals surface area contributed by atoms with E-state index in [1.807, 2.05) is 0 Å². The summed E-state index contributed by atoms with van der Waals surface area (Å²) in [6, 6.07) is 0. The van der Waals surface area contributed by atoms with Crippen molar-refractivity contribution in [3.05, 3.63) is 18.6 Å². The standard InChI is InChI=1S/C10H14N4O/c11-10(15)8-2-1-5-14(7-8)9-6-12-3-4-13-9/h3-4,6,8H,1-2,5,7H2,(H2,11,15)/t8-/m1/s1. The predicted molar refractivity (Wildman–Crippen MR) is 56.2 cm³/mol. The Balaban J connectivity index is 2.08. The molecule has 1 aliphatic rings. The molecule has 0 radical (unpaired) electrons. The summed E-state index contributed by atoms with van der Waals surface area (Å²) in [5, 5.41) is 0. The molecule has 2 heterocycles. The van der Waals surface area contributed by atoms with Gasteiger partial charge in [-0.25, -0.2) is 4.98 Å². The number of hydrogen-bond donors (Lipinski definition) is 1. The van der Waals surface area contributed by atoms with Crippen LogP contribution in [0.15, 0.2) is 18.6 Å². The first-order chi connectivity index (χ1) is 7.27. The van der Waals surface area contributed by atoms with Crippen molar-refractivity contribution in [2.75, 3.05) is 18.0 Å². The summed E-state index contributed by atoms with van der Waals surface area (Å²) in [5.41, 5.74) is 5.31. The molecule has 1 saturated heterocycles. The van der Waals surface area contributed by atoms with Crippen molar-refractivity contribution in [1.82, 2.24) is 9.97 Å². The number of piperidine rings is 1. The summed E-state index contributed by atoms with van der Waals surface area (Å²) in [5.74, 6) is 0.549. The summed E-state index contributed by atoms with van der Waals surface area (Å²) in [6.07, 6.45) is 6.86. The zero-order valence-corrected chi connectivity index (χ0v) is 8.47. The van der Waals surface area contributed by atoms with Crippen LogP contribution in [0.3, 0.4) is 0 Å². The predicted octanol–water partition coefficient (Wildman–Crippen LogP) is 0.178. The molecule has 0 spiro atoms. The Labute approximate surface area is 88.3 Å². The third kappa shape index (κ3) is 2.23. The number of carbonyl (C=O) groups excluding carboxylic acids is 1. The first kappa shape index (κ1) is 9.89. The molecule has 1 aromatic rings. The number of aromatic nitrogens is 2. The molecule has 0 bridgehead atoms. The third-order valence-electron chi connectivity index (χ3n) is 2.70.